The van der Waals surface area contributed by atoms with Gasteiger partial charge in [0.15, 0.2) is 39.6 Å². The summed E-state index contributed by atoms with van der Waals surface area (Å²) >= 11 is 17.8. The molecule has 3 aromatic carbocycles. The smallest absolute Gasteiger partial charge is 0.306 e. The van der Waals surface area contributed by atoms with E-state index in [1.165, 1.54) is 54.9 Å². The van der Waals surface area contributed by atoms with Crippen LogP contribution in [0.2, 0.25) is 15.1 Å². The van der Waals surface area contributed by atoms with E-state index in [1.807, 2.05) is 52.0 Å². The number of ether oxygens (including phenoxy) is 1. The Bertz CT molecular complexity index is 4610. The number of halogens is 3. The van der Waals surface area contributed by atoms with Gasteiger partial charge in [0.1, 0.15) is 0 Å². The number of methoxy groups -OCH3 is 1. The van der Waals surface area contributed by atoms with Crippen LogP contribution in [0.5, 0.6) is 0 Å². The van der Waals surface area contributed by atoms with E-state index < -0.39 is 53.2 Å². The molecule has 9 aromatic rings. The molecule has 1 aliphatic rings. The van der Waals surface area contributed by atoms with Crippen LogP contribution in [0.15, 0.2) is 161 Å². The first-order valence-corrected chi connectivity index (χ1v) is 37.5. The fraction of sp³-hybridized carbons (Fsp3) is 0.324. The van der Waals surface area contributed by atoms with Crippen molar-refractivity contribution < 1.29 is 54.3 Å². The molecule has 3 amide bonds. The van der Waals surface area contributed by atoms with Crippen LogP contribution in [-0.2, 0) is 45.7 Å². The number of aliphatic hydroxyl groups excluding tert-OH is 1. The SMILES string of the molecule is CCCC(NC(=O)c1cnn(-c2ccc(Cl)cc2)c1C)c1ccc(S(=O)(=O)C2CC2)nc1.CCCC(NC(=O)c1cnn(-c2ccc(Cl)cc2)c1C)c1cncc(S(=O)(=O)CCC(=O)OC)c1.CCCC(NC(=O)c1cnn(-c2ccc(Cl)cc2)c1CO)c1ccc(S(C)(=O)=O)nc1. The lowest BCUT2D eigenvalue weighted by Gasteiger charge is -2.19. The minimum atomic E-state index is -3.75. The molecule has 4 N–H and O–H groups in total. The van der Waals surface area contributed by atoms with E-state index >= 15 is 0 Å². The van der Waals surface area contributed by atoms with E-state index in [0.717, 1.165) is 42.5 Å². The summed E-state index contributed by atoms with van der Waals surface area (Å²) in [6.07, 6.45) is 16.7. The van der Waals surface area contributed by atoms with E-state index in [1.54, 1.807) is 95.4 Å². The molecule has 0 saturated heterocycles. The number of esters is 1. The molecule has 6 heterocycles. The second-order valence-corrected chi connectivity index (χ2v) is 30.6. The van der Waals surface area contributed by atoms with Crippen molar-refractivity contribution in [2.75, 3.05) is 19.1 Å². The van der Waals surface area contributed by atoms with Crippen molar-refractivity contribution in [2.45, 2.75) is 137 Å². The summed E-state index contributed by atoms with van der Waals surface area (Å²) in [4.78, 5) is 62.8. The number of benzene rings is 3. The van der Waals surface area contributed by atoms with Gasteiger partial charge >= 0.3 is 5.97 Å². The molecule has 1 fully saturated rings. The average Bonchev–Trinajstić information content (AvgIpc) is 1.72. The van der Waals surface area contributed by atoms with Crippen molar-refractivity contribution in [3.8, 4) is 17.1 Å². The molecule has 1 saturated carbocycles. The Balaban J connectivity index is 0.000000188. The molecule has 6 aromatic heterocycles. The van der Waals surface area contributed by atoms with Gasteiger partial charge in [-0.25, -0.2) is 49.3 Å². The van der Waals surface area contributed by atoms with Gasteiger partial charge in [-0.1, -0.05) is 87.0 Å². The lowest BCUT2D eigenvalue weighted by molar-refractivity contribution is -0.140. The number of rotatable bonds is 26. The van der Waals surface area contributed by atoms with Crippen molar-refractivity contribution in [3.05, 3.63) is 212 Å². The monoisotopic (exact) mass is 1450 g/mol. The first kappa shape index (κ1) is 75.1. The van der Waals surface area contributed by atoms with Gasteiger partial charge < -0.3 is 25.8 Å². The van der Waals surface area contributed by atoms with Gasteiger partial charge in [0.25, 0.3) is 17.7 Å². The quantitative estimate of drug-likeness (QED) is 0.0366. The zero-order valence-corrected chi connectivity index (χ0v) is 59.5. The van der Waals surface area contributed by atoms with E-state index in [0.29, 0.717) is 92.2 Å². The minimum Gasteiger partial charge on any atom is -0.469 e. The van der Waals surface area contributed by atoms with Gasteiger partial charge in [0.05, 0.1) is 124 Å². The highest BCUT2D eigenvalue weighted by Gasteiger charge is 2.38. The number of hydrogen-bond donors (Lipinski definition) is 4. The fourth-order valence-corrected chi connectivity index (χ4v) is 14.1. The number of nitrogens with one attached hydrogen (secondary N) is 3. The van der Waals surface area contributed by atoms with Crippen LogP contribution in [-0.4, -0.2) is 123 Å². The van der Waals surface area contributed by atoms with E-state index in [9.17, 15) is 49.5 Å². The predicted molar refractivity (Wildman–Crippen MR) is 371 cm³/mol. The summed E-state index contributed by atoms with van der Waals surface area (Å²) in [6.45, 7) is 9.23. The number of amides is 3. The van der Waals surface area contributed by atoms with Crippen LogP contribution in [0, 0.1) is 13.8 Å². The first-order chi connectivity index (χ1) is 46.7. The summed E-state index contributed by atoms with van der Waals surface area (Å²) in [5.41, 5.74) is 7.10. The third kappa shape index (κ3) is 19.1. The van der Waals surface area contributed by atoms with Crippen molar-refractivity contribution in [1.82, 2.24) is 60.2 Å². The van der Waals surface area contributed by atoms with Gasteiger partial charge in [0, 0.05) is 46.1 Å². The van der Waals surface area contributed by atoms with Crippen molar-refractivity contribution in [1.29, 1.82) is 0 Å². The third-order valence-electron chi connectivity index (χ3n) is 15.9. The molecule has 0 aliphatic heterocycles. The lowest BCUT2D eigenvalue weighted by atomic mass is 10.0. The maximum Gasteiger partial charge on any atom is 0.306 e. The van der Waals surface area contributed by atoms with E-state index in [4.69, 9.17) is 34.8 Å². The Morgan fingerprint density at radius 2 is 0.959 bits per heavy atom. The standard InChI is InChI=1S/C24H27ClN4O5S.C23H25ClN4O3S.C21H23ClN4O4S/c1-4-5-22(17-12-20(14-26-13-17)35(32,33)11-10-23(30)34-3)28-24(31)21-15-27-29(16(21)2)19-8-6-18(25)7-9-19;1-3-4-21(16-5-12-22(25-13-16)32(30,31)19-10-11-19)27-23(29)20-14-26-28(15(20)2)18-8-6-17(24)7-9-18;1-3-4-18(14-5-10-20(23-11-14)31(2,29)30)25-21(28)17-12-24-26(19(17)13-27)16-8-6-15(22)7-9-16/h6-9,12-15,22H,4-5,10-11H2,1-3H3,(H,28,31);5-9,12-14,19,21H,3-4,10-11H2,1-2H3,(H,27,29);5-12,18,27H,3-4,13H2,1-2H3,(H,25,28). The molecular weight excluding hydrogens is 1380 g/mol. The largest absolute Gasteiger partial charge is 0.469 e. The first-order valence-electron chi connectivity index (χ1n) is 31.3. The van der Waals surface area contributed by atoms with Crippen LogP contribution < -0.4 is 16.0 Å². The summed E-state index contributed by atoms with van der Waals surface area (Å²) in [5, 5.41) is 33.4. The number of hydrogen-bond acceptors (Lipinski definition) is 18. The molecule has 0 radical (unpaired) electrons. The molecule has 24 nitrogen and oxygen atoms in total. The second kappa shape index (κ2) is 33.7. The number of aliphatic hydroxyl groups is 1. The number of sulfone groups is 3. The van der Waals surface area contributed by atoms with Crippen molar-refractivity contribution in [3.63, 3.8) is 0 Å². The number of carbonyl (C=O) groups excluding carboxylic acids is 4. The summed E-state index contributed by atoms with van der Waals surface area (Å²) in [7, 11) is -9.29. The van der Waals surface area contributed by atoms with Gasteiger partial charge in [0.2, 0.25) is 0 Å². The Kier molecular flexibility index (Phi) is 25.8. The summed E-state index contributed by atoms with van der Waals surface area (Å²) in [5.74, 6) is -1.97. The Labute approximate surface area is 584 Å². The molecule has 0 spiro atoms. The van der Waals surface area contributed by atoms with Crippen molar-refractivity contribution in [2.24, 2.45) is 0 Å². The molecule has 98 heavy (non-hydrogen) atoms. The van der Waals surface area contributed by atoms with Crippen LogP contribution in [0.25, 0.3) is 17.1 Å². The highest BCUT2D eigenvalue weighted by atomic mass is 35.5. The number of carbonyl (C=O) groups is 4. The topological polar surface area (TPSA) is 328 Å². The second-order valence-electron chi connectivity index (χ2n) is 23.0. The molecule has 3 atom stereocenters. The van der Waals surface area contributed by atoms with Crippen LogP contribution in [0.1, 0.15) is 162 Å². The van der Waals surface area contributed by atoms with Gasteiger partial charge in [-0.3, -0.25) is 24.2 Å². The summed E-state index contributed by atoms with van der Waals surface area (Å²) < 4.78 is 82.8. The third-order valence-corrected chi connectivity index (χ3v) is 21.5. The van der Waals surface area contributed by atoms with Gasteiger partial charge in [-0.05, 0) is 154 Å². The number of pyridine rings is 3. The molecule has 10 rings (SSSR count). The Hall–Kier alpha value is -8.70. The van der Waals surface area contributed by atoms with Crippen LogP contribution in [0.4, 0.5) is 0 Å². The molecule has 3 unspecified atom stereocenters. The molecule has 518 valence electrons. The molecule has 1 aliphatic carbocycles. The predicted octanol–water partition coefficient (Wildman–Crippen LogP) is 11.4. The zero-order chi connectivity index (χ0) is 71.1. The molecule has 30 heteroatoms. The van der Waals surface area contributed by atoms with E-state index in [-0.39, 0.29) is 62.7 Å². The van der Waals surface area contributed by atoms with Crippen molar-refractivity contribution >= 4 is 88.0 Å². The lowest BCUT2D eigenvalue weighted by Crippen LogP contribution is -2.29. The highest BCUT2D eigenvalue weighted by molar-refractivity contribution is 7.92. The molecule has 0 bridgehead atoms. The highest BCUT2D eigenvalue weighted by Crippen LogP contribution is 2.34. The number of aromatic nitrogens is 9. The fourth-order valence-electron chi connectivity index (χ4n) is 10.4. The van der Waals surface area contributed by atoms with Crippen LogP contribution >= 0.6 is 34.8 Å². The number of nitrogens with zero attached hydrogens (tertiary/aromatic N) is 9. The van der Waals surface area contributed by atoms with E-state index in [2.05, 4.69) is 50.9 Å². The van der Waals surface area contributed by atoms with Gasteiger partial charge in [-0.2, -0.15) is 15.3 Å². The van der Waals surface area contributed by atoms with Crippen LogP contribution in [0.3, 0.4) is 0 Å². The van der Waals surface area contributed by atoms with Gasteiger partial charge in [-0.15, -0.1) is 0 Å². The maximum absolute atomic E-state index is 13.1. The minimum absolute atomic E-state index is 0.0130. The summed E-state index contributed by atoms with van der Waals surface area (Å²) in [6, 6.07) is 27.9. The normalized spacial score (nSPS) is 13.2. The molecular formula is C68H75Cl3N12O12S3. The average molecular weight is 1450 g/mol. The Morgan fingerprint density at radius 1 is 0.551 bits per heavy atom. The Morgan fingerprint density at radius 3 is 1.36 bits per heavy atom. The zero-order valence-electron chi connectivity index (χ0n) is 54.8. The maximum atomic E-state index is 13.1.